The molecule has 1 rings (SSSR count). The van der Waals surface area contributed by atoms with Crippen LogP contribution in [0.2, 0.25) is 0 Å². The van der Waals surface area contributed by atoms with Crippen LogP contribution in [0.4, 0.5) is 0 Å². The molecule has 4 nitrogen and oxygen atoms in total. The first kappa shape index (κ1) is 11.2. The third-order valence-electron chi connectivity index (χ3n) is 1.72. The molecule has 0 bridgehead atoms. The summed E-state index contributed by atoms with van der Waals surface area (Å²) in [5, 5.41) is 0. The van der Waals surface area contributed by atoms with E-state index in [0.717, 1.165) is 0 Å². The van der Waals surface area contributed by atoms with E-state index in [-0.39, 0.29) is 17.7 Å². The molecule has 0 spiro atoms. The third kappa shape index (κ3) is 2.54. The van der Waals surface area contributed by atoms with E-state index in [0.29, 0.717) is 19.0 Å². The van der Waals surface area contributed by atoms with Crippen LogP contribution in [0, 0.1) is 0 Å². The second-order valence-corrected chi connectivity index (χ2v) is 3.12. The van der Waals surface area contributed by atoms with Crippen LogP contribution in [-0.4, -0.2) is 31.2 Å². The van der Waals surface area contributed by atoms with Gasteiger partial charge in [-0.1, -0.05) is 0 Å². The number of allylic oxidation sites excluding steroid dienone is 1. The van der Waals surface area contributed by atoms with Gasteiger partial charge >= 0.3 is 5.97 Å². The Balaban J connectivity index is 2.68. The van der Waals surface area contributed by atoms with Gasteiger partial charge in [0, 0.05) is 0 Å². The molecule has 0 saturated heterocycles. The number of hydrogen-bond acceptors (Lipinski definition) is 4. The van der Waals surface area contributed by atoms with Crippen LogP contribution in [0.5, 0.6) is 0 Å². The van der Waals surface area contributed by atoms with Crippen LogP contribution in [0.25, 0.3) is 0 Å². The van der Waals surface area contributed by atoms with E-state index < -0.39 is 5.97 Å². The number of carbonyl (C=O) groups is 1. The predicted octanol–water partition coefficient (Wildman–Crippen LogP) is 1.44. The number of halogens is 1. The van der Waals surface area contributed by atoms with Crippen LogP contribution in [-0.2, 0) is 19.0 Å². The summed E-state index contributed by atoms with van der Waals surface area (Å²) in [6, 6.07) is 0. The Morgan fingerprint density at radius 3 is 3.00 bits per heavy atom. The van der Waals surface area contributed by atoms with Gasteiger partial charge in [0.2, 0.25) is 5.76 Å². The number of alkyl halides is 1. The van der Waals surface area contributed by atoms with Crippen molar-refractivity contribution in [2.75, 3.05) is 19.1 Å². The van der Waals surface area contributed by atoms with Gasteiger partial charge < -0.3 is 14.2 Å². The van der Waals surface area contributed by atoms with E-state index in [4.69, 9.17) is 25.8 Å². The van der Waals surface area contributed by atoms with E-state index >= 15 is 0 Å². The third-order valence-corrected chi connectivity index (χ3v) is 2.07. The molecule has 0 aromatic heterocycles. The molecule has 1 aliphatic heterocycles. The van der Waals surface area contributed by atoms with Crippen molar-refractivity contribution in [1.82, 2.24) is 0 Å². The Morgan fingerprint density at radius 1 is 1.71 bits per heavy atom. The predicted molar refractivity (Wildman–Crippen MR) is 50.9 cm³/mol. The van der Waals surface area contributed by atoms with Gasteiger partial charge in [-0.05, 0) is 13.8 Å². The molecule has 1 atom stereocenters. The lowest BCUT2D eigenvalue weighted by molar-refractivity contribution is -0.146. The SMILES string of the molecule is CCOC(=O)C1=C(C)OCC(CCl)O1. The second-order valence-electron chi connectivity index (χ2n) is 2.81. The van der Waals surface area contributed by atoms with Gasteiger partial charge in [-0.15, -0.1) is 11.6 Å². The van der Waals surface area contributed by atoms with Crippen molar-refractivity contribution in [3.63, 3.8) is 0 Å². The molecule has 80 valence electrons. The van der Waals surface area contributed by atoms with Gasteiger partial charge in [-0.25, -0.2) is 4.79 Å². The molecule has 0 amide bonds. The highest BCUT2D eigenvalue weighted by Gasteiger charge is 2.26. The first-order chi connectivity index (χ1) is 6.69. The molecule has 0 aliphatic carbocycles. The summed E-state index contributed by atoms with van der Waals surface area (Å²) in [7, 11) is 0. The monoisotopic (exact) mass is 220 g/mol. The fourth-order valence-corrected chi connectivity index (χ4v) is 1.18. The summed E-state index contributed by atoms with van der Waals surface area (Å²) >= 11 is 5.60. The Hall–Kier alpha value is -0.900. The van der Waals surface area contributed by atoms with E-state index in [9.17, 15) is 4.79 Å². The number of carbonyl (C=O) groups excluding carboxylic acids is 1. The lowest BCUT2D eigenvalue weighted by Crippen LogP contribution is -2.30. The zero-order valence-electron chi connectivity index (χ0n) is 8.21. The molecular weight excluding hydrogens is 208 g/mol. The quantitative estimate of drug-likeness (QED) is 0.533. The van der Waals surface area contributed by atoms with E-state index in [1.807, 2.05) is 0 Å². The zero-order chi connectivity index (χ0) is 10.6. The summed E-state index contributed by atoms with van der Waals surface area (Å²) in [6.45, 7) is 4.08. The molecule has 0 aromatic carbocycles. The number of hydrogen-bond donors (Lipinski definition) is 0. The Kier molecular flexibility index (Phi) is 4.07. The van der Waals surface area contributed by atoms with Crippen LogP contribution in [0.15, 0.2) is 11.5 Å². The Labute approximate surface area is 87.8 Å². The van der Waals surface area contributed by atoms with Crippen molar-refractivity contribution in [3.8, 4) is 0 Å². The lowest BCUT2D eigenvalue weighted by atomic mass is 10.3. The summed E-state index contributed by atoms with van der Waals surface area (Å²) in [4.78, 5) is 11.3. The fourth-order valence-electron chi connectivity index (χ4n) is 1.03. The smallest absolute Gasteiger partial charge is 0.377 e. The molecule has 0 fully saturated rings. The second kappa shape index (κ2) is 5.10. The number of rotatable bonds is 3. The van der Waals surface area contributed by atoms with Gasteiger partial charge in [0.25, 0.3) is 0 Å². The van der Waals surface area contributed by atoms with Crippen molar-refractivity contribution in [2.45, 2.75) is 20.0 Å². The van der Waals surface area contributed by atoms with Crippen LogP contribution < -0.4 is 0 Å². The van der Waals surface area contributed by atoms with Crippen molar-refractivity contribution in [2.24, 2.45) is 0 Å². The van der Waals surface area contributed by atoms with Crippen molar-refractivity contribution >= 4 is 17.6 Å². The maximum absolute atomic E-state index is 11.3. The molecule has 5 heteroatoms. The molecule has 0 saturated carbocycles. The molecule has 1 heterocycles. The molecular formula is C9H13ClO4. The maximum Gasteiger partial charge on any atom is 0.377 e. The molecule has 0 N–H and O–H groups in total. The van der Waals surface area contributed by atoms with Crippen molar-refractivity contribution in [1.29, 1.82) is 0 Å². The van der Waals surface area contributed by atoms with E-state index in [1.165, 1.54) is 0 Å². The molecule has 1 aliphatic rings. The Bertz CT molecular complexity index is 249. The highest BCUT2D eigenvalue weighted by atomic mass is 35.5. The molecule has 0 radical (unpaired) electrons. The van der Waals surface area contributed by atoms with Gasteiger partial charge in [0.05, 0.1) is 12.5 Å². The first-order valence-electron chi connectivity index (χ1n) is 4.42. The van der Waals surface area contributed by atoms with Gasteiger partial charge in [0.1, 0.15) is 18.5 Å². The van der Waals surface area contributed by atoms with Crippen molar-refractivity contribution < 1.29 is 19.0 Å². The minimum Gasteiger partial charge on any atom is -0.490 e. The average molecular weight is 221 g/mol. The minimum atomic E-state index is -0.500. The van der Waals surface area contributed by atoms with Gasteiger partial charge in [-0.3, -0.25) is 0 Å². The van der Waals surface area contributed by atoms with Crippen LogP contribution >= 0.6 is 11.6 Å². The Morgan fingerprint density at radius 2 is 2.43 bits per heavy atom. The lowest BCUT2D eigenvalue weighted by Gasteiger charge is -2.25. The minimum absolute atomic E-state index is 0.128. The molecule has 0 aromatic rings. The topological polar surface area (TPSA) is 44.8 Å². The first-order valence-corrected chi connectivity index (χ1v) is 4.95. The normalized spacial score (nSPS) is 21.2. The van der Waals surface area contributed by atoms with Crippen molar-refractivity contribution in [3.05, 3.63) is 11.5 Å². The molecule has 1 unspecified atom stereocenters. The summed E-state index contributed by atoms with van der Waals surface area (Å²) in [5.41, 5.74) is 0. The average Bonchev–Trinajstić information content (AvgIpc) is 2.19. The summed E-state index contributed by atoms with van der Waals surface area (Å²) in [5.74, 6) is 0.365. The highest BCUT2D eigenvalue weighted by Crippen LogP contribution is 2.19. The van der Waals surface area contributed by atoms with Crippen LogP contribution in [0.1, 0.15) is 13.8 Å². The summed E-state index contributed by atoms with van der Waals surface area (Å²) < 4.78 is 15.3. The standard InChI is InChI=1S/C9H13ClO4/c1-3-12-9(11)8-6(2)13-5-7(4-10)14-8/h7H,3-5H2,1-2H3. The largest absolute Gasteiger partial charge is 0.490 e. The number of esters is 1. The summed E-state index contributed by atoms with van der Waals surface area (Å²) in [6.07, 6.45) is -0.278. The van der Waals surface area contributed by atoms with Gasteiger partial charge in [-0.2, -0.15) is 0 Å². The zero-order valence-corrected chi connectivity index (χ0v) is 8.97. The van der Waals surface area contributed by atoms with Gasteiger partial charge in [0.15, 0.2) is 0 Å². The maximum atomic E-state index is 11.3. The van der Waals surface area contributed by atoms with E-state index in [1.54, 1.807) is 13.8 Å². The molecule has 14 heavy (non-hydrogen) atoms. The number of ether oxygens (including phenoxy) is 3. The highest BCUT2D eigenvalue weighted by molar-refractivity contribution is 6.18. The van der Waals surface area contributed by atoms with Crippen LogP contribution in [0.3, 0.4) is 0 Å². The fraction of sp³-hybridized carbons (Fsp3) is 0.667. The van der Waals surface area contributed by atoms with E-state index in [2.05, 4.69) is 0 Å².